The van der Waals surface area contributed by atoms with Crippen LogP contribution in [0.4, 0.5) is 0 Å². The molecule has 0 amide bonds. The van der Waals surface area contributed by atoms with E-state index in [1.165, 1.54) is 11.1 Å². The number of pyridine rings is 1. The molecule has 0 fully saturated rings. The van der Waals surface area contributed by atoms with Gasteiger partial charge >= 0.3 is 0 Å². The summed E-state index contributed by atoms with van der Waals surface area (Å²) in [5.74, 6) is 0. The molecule has 0 atom stereocenters. The molecule has 3 nitrogen and oxygen atoms in total. The van der Waals surface area contributed by atoms with Crippen molar-refractivity contribution in [2.75, 3.05) is 19.6 Å². The van der Waals surface area contributed by atoms with Crippen LogP contribution in [0.3, 0.4) is 0 Å². The Morgan fingerprint density at radius 2 is 1.65 bits per heavy atom. The SMILES string of the molecule is NCCCN(CCc1ccncc1)Cc1ccccc1. The third-order valence-corrected chi connectivity index (χ3v) is 3.39. The van der Waals surface area contributed by atoms with Gasteiger partial charge in [-0.3, -0.25) is 9.88 Å². The Morgan fingerprint density at radius 1 is 0.900 bits per heavy atom. The maximum atomic E-state index is 5.64. The minimum atomic E-state index is 0.751. The lowest BCUT2D eigenvalue weighted by molar-refractivity contribution is 0.267. The van der Waals surface area contributed by atoms with Crippen LogP contribution in [0, 0.1) is 0 Å². The van der Waals surface area contributed by atoms with Crippen LogP contribution >= 0.6 is 0 Å². The summed E-state index contributed by atoms with van der Waals surface area (Å²) in [5.41, 5.74) is 8.34. The summed E-state index contributed by atoms with van der Waals surface area (Å²) in [6.07, 6.45) is 5.82. The van der Waals surface area contributed by atoms with Crippen molar-refractivity contribution in [3.8, 4) is 0 Å². The quantitative estimate of drug-likeness (QED) is 0.800. The van der Waals surface area contributed by atoms with E-state index in [1.54, 1.807) is 0 Å². The van der Waals surface area contributed by atoms with E-state index in [-0.39, 0.29) is 0 Å². The highest BCUT2D eigenvalue weighted by Gasteiger charge is 2.06. The van der Waals surface area contributed by atoms with Gasteiger partial charge in [-0.1, -0.05) is 30.3 Å². The first-order chi connectivity index (χ1) is 9.88. The Morgan fingerprint density at radius 3 is 2.35 bits per heavy atom. The second kappa shape index (κ2) is 8.46. The summed E-state index contributed by atoms with van der Waals surface area (Å²) in [6, 6.07) is 14.8. The Hall–Kier alpha value is -1.71. The van der Waals surface area contributed by atoms with E-state index in [2.05, 4.69) is 52.3 Å². The zero-order chi connectivity index (χ0) is 14.0. The third-order valence-electron chi connectivity index (χ3n) is 3.39. The van der Waals surface area contributed by atoms with Crippen LogP contribution in [0.2, 0.25) is 0 Å². The maximum Gasteiger partial charge on any atom is 0.0270 e. The van der Waals surface area contributed by atoms with Gasteiger partial charge < -0.3 is 5.73 Å². The highest BCUT2D eigenvalue weighted by atomic mass is 15.1. The summed E-state index contributed by atoms with van der Waals surface area (Å²) in [7, 11) is 0. The van der Waals surface area contributed by atoms with Gasteiger partial charge in [-0.25, -0.2) is 0 Å². The summed E-state index contributed by atoms with van der Waals surface area (Å²) in [6.45, 7) is 3.85. The minimum Gasteiger partial charge on any atom is -0.330 e. The second-order valence-corrected chi connectivity index (χ2v) is 5.01. The van der Waals surface area contributed by atoms with Gasteiger partial charge in [0, 0.05) is 25.5 Å². The molecule has 3 heteroatoms. The van der Waals surface area contributed by atoms with Crippen LogP contribution in [0.1, 0.15) is 17.5 Å². The maximum absolute atomic E-state index is 5.64. The van der Waals surface area contributed by atoms with E-state index < -0.39 is 0 Å². The van der Waals surface area contributed by atoms with Crippen molar-refractivity contribution in [1.82, 2.24) is 9.88 Å². The molecule has 1 aromatic heterocycles. The topological polar surface area (TPSA) is 42.1 Å². The third kappa shape index (κ3) is 5.11. The lowest BCUT2D eigenvalue weighted by Gasteiger charge is -2.22. The molecule has 1 heterocycles. The fourth-order valence-corrected chi connectivity index (χ4v) is 2.26. The number of rotatable bonds is 8. The highest BCUT2D eigenvalue weighted by molar-refractivity contribution is 5.15. The Bertz CT molecular complexity index is 470. The summed E-state index contributed by atoms with van der Waals surface area (Å²) < 4.78 is 0. The van der Waals surface area contributed by atoms with Crippen LogP contribution < -0.4 is 5.73 Å². The van der Waals surface area contributed by atoms with Crippen molar-refractivity contribution in [3.05, 3.63) is 66.0 Å². The number of benzene rings is 1. The summed E-state index contributed by atoms with van der Waals surface area (Å²) in [4.78, 5) is 6.53. The van der Waals surface area contributed by atoms with Crippen molar-refractivity contribution < 1.29 is 0 Å². The molecule has 0 aliphatic carbocycles. The molecule has 20 heavy (non-hydrogen) atoms. The zero-order valence-electron chi connectivity index (χ0n) is 11.9. The van der Waals surface area contributed by atoms with E-state index in [0.29, 0.717) is 0 Å². The molecule has 2 rings (SSSR count). The van der Waals surface area contributed by atoms with Gasteiger partial charge in [0.25, 0.3) is 0 Å². The number of hydrogen-bond acceptors (Lipinski definition) is 3. The standard InChI is InChI=1S/C17H23N3/c18-10-4-13-20(15-17-5-2-1-3-6-17)14-9-16-7-11-19-12-8-16/h1-3,5-8,11-12H,4,9-10,13-15,18H2. The van der Waals surface area contributed by atoms with Gasteiger partial charge in [-0.15, -0.1) is 0 Å². The number of nitrogens with zero attached hydrogens (tertiary/aromatic N) is 2. The first-order valence-corrected chi connectivity index (χ1v) is 7.24. The lowest BCUT2D eigenvalue weighted by Crippen LogP contribution is -2.28. The molecule has 0 saturated carbocycles. The predicted molar refractivity (Wildman–Crippen MR) is 83.3 cm³/mol. The van der Waals surface area contributed by atoms with E-state index in [4.69, 9.17) is 5.73 Å². The lowest BCUT2D eigenvalue weighted by atomic mass is 10.1. The van der Waals surface area contributed by atoms with E-state index in [9.17, 15) is 0 Å². The molecule has 106 valence electrons. The van der Waals surface area contributed by atoms with Gasteiger partial charge in [0.15, 0.2) is 0 Å². The van der Waals surface area contributed by atoms with Crippen LogP contribution in [0.15, 0.2) is 54.9 Å². The normalized spacial score (nSPS) is 10.9. The number of nitrogens with two attached hydrogens (primary N) is 1. The molecule has 2 aromatic rings. The van der Waals surface area contributed by atoms with Crippen LogP contribution in [-0.4, -0.2) is 29.5 Å². The van der Waals surface area contributed by atoms with Crippen LogP contribution in [-0.2, 0) is 13.0 Å². The summed E-state index contributed by atoms with van der Waals surface area (Å²) >= 11 is 0. The van der Waals surface area contributed by atoms with E-state index >= 15 is 0 Å². The molecule has 1 aromatic carbocycles. The van der Waals surface area contributed by atoms with Gasteiger partial charge in [0.05, 0.1) is 0 Å². The second-order valence-electron chi connectivity index (χ2n) is 5.01. The molecule has 0 unspecified atom stereocenters. The fraction of sp³-hybridized carbons (Fsp3) is 0.353. The smallest absolute Gasteiger partial charge is 0.0270 e. The average Bonchev–Trinajstić information content (AvgIpc) is 2.52. The Balaban J connectivity index is 1.89. The van der Waals surface area contributed by atoms with Crippen molar-refractivity contribution in [3.63, 3.8) is 0 Å². The first kappa shape index (κ1) is 14.7. The van der Waals surface area contributed by atoms with Crippen molar-refractivity contribution in [2.45, 2.75) is 19.4 Å². The monoisotopic (exact) mass is 269 g/mol. The molecular formula is C17H23N3. The van der Waals surface area contributed by atoms with Gasteiger partial charge in [0.1, 0.15) is 0 Å². The van der Waals surface area contributed by atoms with Crippen molar-refractivity contribution in [1.29, 1.82) is 0 Å². The Kier molecular flexibility index (Phi) is 6.21. The van der Waals surface area contributed by atoms with Crippen molar-refractivity contribution in [2.24, 2.45) is 5.73 Å². The molecule has 0 radical (unpaired) electrons. The molecular weight excluding hydrogens is 246 g/mol. The van der Waals surface area contributed by atoms with Crippen molar-refractivity contribution >= 4 is 0 Å². The highest BCUT2D eigenvalue weighted by Crippen LogP contribution is 2.07. The van der Waals surface area contributed by atoms with Crippen LogP contribution in [0.5, 0.6) is 0 Å². The molecule has 0 aliphatic rings. The molecule has 2 N–H and O–H groups in total. The van der Waals surface area contributed by atoms with Gasteiger partial charge in [-0.05, 0) is 49.2 Å². The van der Waals surface area contributed by atoms with Crippen LogP contribution in [0.25, 0.3) is 0 Å². The number of aromatic nitrogens is 1. The molecule has 0 saturated heterocycles. The Labute approximate surface area is 121 Å². The summed E-state index contributed by atoms with van der Waals surface area (Å²) in [5, 5.41) is 0. The predicted octanol–water partition coefficient (Wildman–Crippen LogP) is 2.48. The average molecular weight is 269 g/mol. The van der Waals surface area contributed by atoms with E-state index in [1.807, 2.05) is 12.4 Å². The fourth-order valence-electron chi connectivity index (χ4n) is 2.26. The minimum absolute atomic E-state index is 0.751. The molecule has 0 spiro atoms. The van der Waals surface area contributed by atoms with Gasteiger partial charge in [0.2, 0.25) is 0 Å². The largest absolute Gasteiger partial charge is 0.330 e. The zero-order valence-corrected chi connectivity index (χ0v) is 11.9. The van der Waals surface area contributed by atoms with E-state index in [0.717, 1.165) is 39.0 Å². The first-order valence-electron chi connectivity index (χ1n) is 7.24. The van der Waals surface area contributed by atoms with Gasteiger partial charge in [-0.2, -0.15) is 0 Å². The number of hydrogen-bond donors (Lipinski definition) is 1. The molecule has 0 aliphatic heterocycles. The molecule has 0 bridgehead atoms.